The van der Waals surface area contributed by atoms with Crippen LogP contribution < -0.4 is 10.2 Å². The van der Waals surface area contributed by atoms with E-state index in [1.807, 2.05) is 54.3 Å². The molecule has 192 valence electrons. The second kappa shape index (κ2) is 9.68. The molecule has 5 aromatic rings. The predicted octanol–water partition coefficient (Wildman–Crippen LogP) is 6.34. The number of aromatic nitrogens is 4. The van der Waals surface area contributed by atoms with E-state index in [2.05, 4.69) is 59.3 Å². The first kappa shape index (κ1) is 24.3. The van der Waals surface area contributed by atoms with Crippen molar-refractivity contribution in [3.63, 3.8) is 0 Å². The molecule has 0 atom stereocenters. The maximum atomic E-state index is 13.4. The number of nitrogens with zero attached hydrogens (tertiary/aromatic N) is 5. The Morgan fingerprint density at radius 2 is 1.87 bits per heavy atom. The molecule has 1 aliphatic rings. The van der Waals surface area contributed by atoms with Gasteiger partial charge < -0.3 is 4.90 Å². The molecule has 8 heteroatoms. The minimum absolute atomic E-state index is 0.124. The quantitative estimate of drug-likeness (QED) is 0.292. The maximum absolute atomic E-state index is 13.4. The number of benzene rings is 2. The average molecular weight is 523 g/mol. The number of anilines is 2. The Morgan fingerprint density at radius 1 is 1.03 bits per heavy atom. The molecular formula is C30H30N6OS. The number of carbonyl (C=O) groups excluding carboxylic acids is 1. The molecule has 1 aliphatic heterocycles. The summed E-state index contributed by atoms with van der Waals surface area (Å²) in [5, 5.41) is 8.09. The van der Waals surface area contributed by atoms with Crippen molar-refractivity contribution in [1.29, 1.82) is 0 Å². The monoisotopic (exact) mass is 522 g/mol. The number of thiazole rings is 1. The van der Waals surface area contributed by atoms with Gasteiger partial charge in [-0.1, -0.05) is 49.4 Å². The van der Waals surface area contributed by atoms with Crippen LogP contribution >= 0.6 is 11.3 Å². The fraction of sp³-hybridized carbons (Fsp3) is 0.267. The third-order valence-corrected chi connectivity index (χ3v) is 8.29. The number of hydrogen-bond acceptors (Lipinski definition) is 6. The van der Waals surface area contributed by atoms with Crippen molar-refractivity contribution in [3.05, 3.63) is 88.9 Å². The highest BCUT2D eigenvalue weighted by Gasteiger charge is 2.25. The lowest BCUT2D eigenvalue weighted by Crippen LogP contribution is -2.33. The fourth-order valence-electron chi connectivity index (χ4n) is 5.15. The van der Waals surface area contributed by atoms with Crippen LogP contribution in [-0.2, 0) is 20.0 Å². The molecule has 1 N–H and O–H groups in total. The molecule has 0 aliphatic carbocycles. The number of pyridine rings is 1. The van der Waals surface area contributed by atoms with E-state index in [-0.39, 0.29) is 11.8 Å². The normalized spacial score (nSPS) is 13.2. The second-order valence-electron chi connectivity index (χ2n) is 10.1. The molecular weight excluding hydrogens is 492 g/mol. The molecule has 0 bridgehead atoms. The summed E-state index contributed by atoms with van der Waals surface area (Å²) >= 11 is 1.49. The standard InChI is InChI=1S/C30H30N6OS/c1-18(2)28-21(23-16-31-35(4)19(23)3)12-13-27(33-28)36-15-14-20-8-7-9-22(24(20)17-36)29(37)34-30-32-25-10-5-6-11-26(25)38-30/h5-13,16,18H,14-15,17H2,1-4H3,(H,32,34,37). The zero-order chi connectivity index (χ0) is 26.4. The van der Waals surface area contributed by atoms with Gasteiger partial charge in [0.15, 0.2) is 5.13 Å². The van der Waals surface area contributed by atoms with E-state index in [1.165, 1.54) is 16.9 Å². The maximum Gasteiger partial charge on any atom is 0.257 e. The van der Waals surface area contributed by atoms with Gasteiger partial charge in [0.1, 0.15) is 5.82 Å². The van der Waals surface area contributed by atoms with Gasteiger partial charge in [0.05, 0.1) is 22.1 Å². The van der Waals surface area contributed by atoms with E-state index < -0.39 is 0 Å². The Morgan fingerprint density at radius 3 is 2.63 bits per heavy atom. The molecule has 3 aromatic heterocycles. The zero-order valence-corrected chi connectivity index (χ0v) is 22.8. The van der Waals surface area contributed by atoms with Crippen LogP contribution in [0.15, 0.2) is 60.8 Å². The third-order valence-electron chi connectivity index (χ3n) is 7.34. The number of carbonyl (C=O) groups is 1. The molecule has 0 fully saturated rings. The SMILES string of the molecule is Cc1c(-c2ccc(N3CCc4cccc(C(=O)Nc5nc6ccccc6s5)c4C3)nc2C(C)C)cnn1C. The van der Waals surface area contributed by atoms with Crippen LogP contribution in [-0.4, -0.2) is 32.2 Å². The van der Waals surface area contributed by atoms with Crippen LogP contribution in [0.5, 0.6) is 0 Å². The molecule has 4 heterocycles. The van der Waals surface area contributed by atoms with E-state index in [4.69, 9.17) is 4.98 Å². The van der Waals surface area contributed by atoms with Gasteiger partial charge in [0, 0.05) is 42.5 Å². The van der Waals surface area contributed by atoms with E-state index in [9.17, 15) is 4.79 Å². The van der Waals surface area contributed by atoms with Crippen molar-refractivity contribution in [2.75, 3.05) is 16.8 Å². The van der Waals surface area contributed by atoms with Crippen molar-refractivity contribution in [3.8, 4) is 11.1 Å². The van der Waals surface area contributed by atoms with E-state index in [0.717, 1.165) is 57.1 Å². The highest BCUT2D eigenvalue weighted by Crippen LogP contribution is 2.34. The van der Waals surface area contributed by atoms with E-state index in [1.54, 1.807) is 0 Å². The average Bonchev–Trinajstić information content (AvgIpc) is 3.49. The lowest BCUT2D eigenvalue weighted by molar-refractivity contribution is 0.102. The highest BCUT2D eigenvalue weighted by molar-refractivity contribution is 7.22. The van der Waals surface area contributed by atoms with Gasteiger partial charge >= 0.3 is 0 Å². The first-order chi connectivity index (χ1) is 18.4. The van der Waals surface area contributed by atoms with Gasteiger partial charge in [-0.3, -0.25) is 14.8 Å². The van der Waals surface area contributed by atoms with Crippen molar-refractivity contribution in [1.82, 2.24) is 19.7 Å². The highest BCUT2D eigenvalue weighted by atomic mass is 32.1. The largest absolute Gasteiger partial charge is 0.352 e. The topological polar surface area (TPSA) is 75.9 Å². The second-order valence-corrected chi connectivity index (χ2v) is 11.1. The zero-order valence-electron chi connectivity index (χ0n) is 22.0. The minimum Gasteiger partial charge on any atom is -0.352 e. The van der Waals surface area contributed by atoms with Gasteiger partial charge in [-0.05, 0) is 60.7 Å². The van der Waals surface area contributed by atoms with Gasteiger partial charge in [-0.25, -0.2) is 9.97 Å². The van der Waals surface area contributed by atoms with Crippen LogP contribution in [0.3, 0.4) is 0 Å². The van der Waals surface area contributed by atoms with Gasteiger partial charge in [0.25, 0.3) is 5.91 Å². The smallest absolute Gasteiger partial charge is 0.257 e. The lowest BCUT2D eigenvalue weighted by Gasteiger charge is -2.31. The molecule has 0 saturated heterocycles. The molecule has 6 rings (SSSR count). The lowest BCUT2D eigenvalue weighted by atomic mass is 9.94. The van der Waals surface area contributed by atoms with Crippen LogP contribution in [0.25, 0.3) is 21.3 Å². The summed E-state index contributed by atoms with van der Waals surface area (Å²) in [6.07, 6.45) is 2.78. The molecule has 1 amide bonds. The number of nitrogens with one attached hydrogen (secondary N) is 1. The Balaban J connectivity index is 1.29. The Kier molecular flexibility index (Phi) is 6.19. The predicted molar refractivity (Wildman–Crippen MR) is 154 cm³/mol. The summed E-state index contributed by atoms with van der Waals surface area (Å²) < 4.78 is 2.96. The summed E-state index contributed by atoms with van der Waals surface area (Å²) in [5.41, 5.74) is 8.28. The summed E-state index contributed by atoms with van der Waals surface area (Å²) in [7, 11) is 1.96. The molecule has 7 nitrogen and oxygen atoms in total. The summed E-state index contributed by atoms with van der Waals surface area (Å²) in [5.74, 6) is 1.07. The Hall–Kier alpha value is -4.04. The van der Waals surface area contributed by atoms with Crippen LogP contribution in [0, 0.1) is 6.92 Å². The summed E-state index contributed by atoms with van der Waals surface area (Å²) in [4.78, 5) is 25.4. The number of fused-ring (bicyclic) bond motifs is 2. The molecule has 38 heavy (non-hydrogen) atoms. The Labute approximate surface area is 226 Å². The third kappa shape index (κ3) is 4.35. The molecule has 0 saturated carbocycles. The van der Waals surface area contributed by atoms with Crippen molar-refractivity contribution in [2.45, 2.75) is 39.7 Å². The molecule has 2 aromatic carbocycles. The molecule has 0 unspecified atom stereocenters. The van der Waals surface area contributed by atoms with Gasteiger partial charge in [-0.15, -0.1) is 0 Å². The fourth-order valence-corrected chi connectivity index (χ4v) is 6.01. The molecule has 0 spiro atoms. The molecule has 0 radical (unpaired) electrons. The number of aryl methyl sites for hydroxylation is 1. The van der Waals surface area contributed by atoms with Crippen molar-refractivity contribution >= 4 is 38.4 Å². The van der Waals surface area contributed by atoms with Crippen LogP contribution in [0.2, 0.25) is 0 Å². The Bertz CT molecular complexity index is 1630. The minimum atomic E-state index is -0.124. The van der Waals surface area contributed by atoms with E-state index in [0.29, 0.717) is 17.2 Å². The number of amides is 1. The van der Waals surface area contributed by atoms with Crippen molar-refractivity contribution < 1.29 is 4.79 Å². The summed E-state index contributed by atoms with van der Waals surface area (Å²) in [6.45, 7) is 7.93. The van der Waals surface area contributed by atoms with E-state index >= 15 is 0 Å². The number of rotatable bonds is 5. The van der Waals surface area contributed by atoms with Crippen LogP contribution in [0.4, 0.5) is 10.9 Å². The summed E-state index contributed by atoms with van der Waals surface area (Å²) in [6, 6.07) is 18.2. The van der Waals surface area contributed by atoms with Gasteiger partial charge in [-0.2, -0.15) is 5.10 Å². The van der Waals surface area contributed by atoms with Crippen LogP contribution in [0.1, 0.15) is 52.6 Å². The van der Waals surface area contributed by atoms with Gasteiger partial charge in [0.2, 0.25) is 0 Å². The van der Waals surface area contributed by atoms with Crippen molar-refractivity contribution in [2.24, 2.45) is 7.05 Å². The number of para-hydroxylation sites is 1. The number of hydrogen-bond donors (Lipinski definition) is 1. The first-order valence-corrected chi connectivity index (χ1v) is 13.7. The first-order valence-electron chi connectivity index (χ1n) is 12.9.